The molecule has 0 aliphatic rings. The third-order valence-electron chi connectivity index (χ3n) is 3.00. The molecule has 0 bridgehead atoms. The van der Waals surface area contributed by atoms with Crippen LogP contribution in [-0.4, -0.2) is 23.4 Å². The highest BCUT2D eigenvalue weighted by Gasteiger charge is 2.30. The predicted octanol–water partition coefficient (Wildman–Crippen LogP) is 3.40. The van der Waals surface area contributed by atoms with Crippen LogP contribution in [0.5, 0.6) is 0 Å². The van der Waals surface area contributed by atoms with Crippen LogP contribution in [0, 0.1) is 10.1 Å². The van der Waals surface area contributed by atoms with E-state index in [1.807, 2.05) is 0 Å². The van der Waals surface area contributed by atoms with Crippen LogP contribution < -0.4 is 5.32 Å². The first-order chi connectivity index (χ1) is 12.6. The number of benzene rings is 1. The molecule has 1 aromatic heterocycles. The van der Waals surface area contributed by atoms with Crippen molar-refractivity contribution in [3.63, 3.8) is 0 Å². The number of halogens is 3. The molecule has 8 nitrogen and oxygen atoms in total. The van der Waals surface area contributed by atoms with Crippen LogP contribution in [0.1, 0.15) is 11.3 Å². The van der Waals surface area contributed by atoms with Gasteiger partial charge >= 0.3 is 18.0 Å². The highest BCUT2D eigenvalue weighted by atomic mass is 19.4. The molecule has 0 aliphatic heterocycles. The summed E-state index contributed by atoms with van der Waals surface area (Å²) in [6.45, 7) is -0.738. The molecule has 0 radical (unpaired) electrons. The third-order valence-corrected chi connectivity index (χ3v) is 3.00. The second kappa shape index (κ2) is 8.17. The Hall–Kier alpha value is -3.63. The fraction of sp³-hybridized carbons (Fsp3) is 0.125. The van der Waals surface area contributed by atoms with Crippen molar-refractivity contribution >= 4 is 29.5 Å². The lowest BCUT2D eigenvalue weighted by atomic mass is 10.2. The van der Waals surface area contributed by atoms with E-state index in [1.165, 1.54) is 12.1 Å². The average molecular weight is 384 g/mol. The minimum absolute atomic E-state index is 0.0204. The maximum atomic E-state index is 12.6. The van der Waals surface area contributed by atoms with Crippen LogP contribution in [0.15, 0.2) is 46.9 Å². The Morgan fingerprint density at radius 2 is 2.00 bits per heavy atom. The highest BCUT2D eigenvalue weighted by molar-refractivity contribution is 5.94. The summed E-state index contributed by atoms with van der Waals surface area (Å²) < 4.78 is 47.2. The fourth-order valence-electron chi connectivity index (χ4n) is 1.84. The van der Waals surface area contributed by atoms with Crippen molar-refractivity contribution in [1.29, 1.82) is 0 Å². The summed E-state index contributed by atoms with van der Waals surface area (Å²) in [6, 6.07) is 6.30. The molecule has 0 atom stereocenters. The molecule has 0 fully saturated rings. The minimum Gasteiger partial charge on any atom is -0.452 e. The summed E-state index contributed by atoms with van der Waals surface area (Å²) in [5.41, 5.74) is -1.04. The van der Waals surface area contributed by atoms with Gasteiger partial charge < -0.3 is 14.5 Å². The second-order valence-electron chi connectivity index (χ2n) is 5.00. The lowest BCUT2D eigenvalue weighted by Gasteiger charge is -2.09. The number of nitrogens with one attached hydrogen (secondary N) is 1. The quantitative estimate of drug-likeness (QED) is 0.354. The minimum atomic E-state index is -4.56. The molecular weight excluding hydrogens is 373 g/mol. The first kappa shape index (κ1) is 19.7. The summed E-state index contributed by atoms with van der Waals surface area (Å²) in [6.07, 6.45) is -2.58. The number of hydrogen-bond donors (Lipinski definition) is 1. The van der Waals surface area contributed by atoms with Crippen LogP contribution in [-0.2, 0) is 20.5 Å². The SMILES string of the molecule is O=C(COC(=O)/C=C/c1ccc([N+](=O)[O-])o1)Nc1cccc(C(F)(F)F)c1. The number of carbonyl (C=O) groups excluding carboxylic acids is 2. The molecule has 0 saturated heterocycles. The van der Waals surface area contributed by atoms with Gasteiger partial charge in [0.05, 0.1) is 11.6 Å². The zero-order valence-corrected chi connectivity index (χ0v) is 13.4. The van der Waals surface area contributed by atoms with Crippen LogP contribution >= 0.6 is 0 Å². The van der Waals surface area contributed by atoms with Crippen molar-refractivity contribution in [1.82, 2.24) is 0 Å². The number of nitro groups is 1. The Bertz CT molecular complexity index is 888. The molecule has 11 heteroatoms. The standard InChI is InChI=1S/C16H11F3N2O6/c17-16(18,19)10-2-1-3-11(8-10)20-13(22)9-26-15(23)7-5-12-4-6-14(27-12)21(24)25/h1-8H,9H2,(H,20,22)/b7-5+. The normalized spacial score (nSPS) is 11.4. The highest BCUT2D eigenvalue weighted by Crippen LogP contribution is 2.30. The van der Waals surface area contributed by atoms with Gasteiger partial charge in [0, 0.05) is 11.8 Å². The molecule has 0 spiro atoms. The Morgan fingerprint density at radius 1 is 1.26 bits per heavy atom. The second-order valence-corrected chi connectivity index (χ2v) is 5.00. The first-order valence-electron chi connectivity index (χ1n) is 7.21. The molecule has 2 aromatic rings. The third kappa shape index (κ3) is 5.99. The van der Waals surface area contributed by atoms with E-state index < -0.39 is 41.0 Å². The average Bonchev–Trinajstić information content (AvgIpc) is 3.07. The van der Waals surface area contributed by atoms with Crippen molar-refractivity contribution in [2.45, 2.75) is 6.18 Å². The molecule has 0 aliphatic carbocycles. The molecule has 1 amide bonds. The summed E-state index contributed by atoms with van der Waals surface area (Å²) >= 11 is 0. The first-order valence-corrected chi connectivity index (χ1v) is 7.21. The van der Waals surface area contributed by atoms with Crippen molar-refractivity contribution in [3.05, 3.63) is 63.9 Å². The number of hydrogen-bond acceptors (Lipinski definition) is 6. The van der Waals surface area contributed by atoms with Gasteiger partial charge in [0.1, 0.15) is 10.7 Å². The Kier molecular flexibility index (Phi) is 5.96. The van der Waals surface area contributed by atoms with Gasteiger partial charge in [-0.1, -0.05) is 6.07 Å². The smallest absolute Gasteiger partial charge is 0.433 e. The van der Waals surface area contributed by atoms with Gasteiger partial charge in [-0.3, -0.25) is 14.9 Å². The molecule has 27 heavy (non-hydrogen) atoms. The fourth-order valence-corrected chi connectivity index (χ4v) is 1.84. The van der Waals surface area contributed by atoms with E-state index >= 15 is 0 Å². The lowest BCUT2D eigenvalue weighted by Crippen LogP contribution is -2.20. The Morgan fingerprint density at radius 3 is 2.63 bits per heavy atom. The molecular formula is C16H11F3N2O6. The summed E-state index contributed by atoms with van der Waals surface area (Å²) in [5.74, 6) is -2.28. The van der Waals surface area contributed by atoms with Crippen molar-refractivity contribution in [3.8, 4) is 0 Å². The number of carbonyl (C=O) groups is 2. The van der Waals surface area contributed by atoms with E-state index in [4.69, 9.17) is 4.42 Å². The van der Waals surface area contributed by atoms with Crippen LogP contribution in [0.4, 0.5) is 24.7 Å². The van der Waals surface area contributed by atoms with Crippen LogP contribution in [0.25, 0.3) is 6.08 Å². The molecule has 1 aromatic carbocycles. The van der Waals surface area contributed by atoms with Crippen molar-refractivity contribution in [2.75, 3.05) is 11.9 Å². The van der Waals surface area contributed by atoms with Gasteiger partial charge in [-0.05, 0) is 30.3 Å². The number of esters is 1. The molecule has 0 saturated carbocycles. The molecule has 1 heterocycles. The lowest BCUT2D eigenvalue weighted by molar-refractivity contribution is -0.402. The van der Waals surface area contributed by atoms with Gasteiger partial charge in [0.25, 0.3) is 5.91 Å². The molecule has 2 rings (SSSR count). The zero-order chi connectivity index (χ0) is 20.0. The Labute approximate surface area is 149 Å². The van der Waals surface area contributed by atoms with E-state index in [-0.39, 0.29) is 11.4 Å². The van der Waals surface area contributed by atoms with Gasteiger partial charge in [0.15, 0.2) is 6.61 Å². The maximum Gasteiger partial charge on any atom is 0.433 e. The van der Waals surface area contributed by atoms with Gasteiger partial charge in [0.2, 0.25) is 0 Å². The van der Waals surface area contributed by atoms with Gasteiger partial charge in [-0.15, -0.1) is 0 Å². The molecule has 142 valence electrons. The number of anilines is 1. The van der Waals surface area contributed by atoms with Gasteiger partial charge in [-0.25, -0.2) is 4.79 Å². The van der Waals surface area contributed by atoms with Crippen LogP contribution in [0.3, 0.4) is 0 Å². The number of nitrogens with zero attached hydrogens (tertiary/aromatic N) is 1. The molecule has 1 N–H and O–H groups in total. The van der Waals surface area contributed by atoms with E-state index in [2.05, 4.69) is 10.1 Å². The van der Waals surface area contributed by atoms with E-state index in [1.54, 1.807) is 0 Å². The number of amides is 1. The van der Waals surface area contributed by atoms with E-state index in [0.717, 1.165) is 36.4 Å². The summed E-state index contributed by atoms with van der Waals surface area (Å²) in [5, 5.41) is 12.6. The van der Waals surface area contributed by atoms with E-state index in [0.29, 0.717) is 0 Å². The molecule has 0 unspecified atom stereocenters. The van der Waals surface area contributed by atoms with Crippen molar-refractivity contribution < 1.29 is 36.8 Å². The summed E-state index contributed by atoms with van der Waals surface area (Å²) in [7, 11) is 0. The number of ether oxygens (including phenoxy) is 1. The number of rotatable bonds is 6. The van der Waals surface area contributed by atoms with Crippen LogP contribution in [0.2, 0.25) is 0 Å². The predicted molar refractivity (Wildman–Crippen MR) is 85.4 cm³/mol. The largest absolute Gasteiger partial charge is 0.452 e. The van der Waals surface area contributed by atoms with E-state index in [9.17, 15) is 32.9 Å². The number of furan rings is 1. The van der Waals surface area contributed by atoms with Crippen molar-refractivity contribution in [2.24, 2.45) is 0 Å². The van der Waals surface area contributed by atoms with Gasteiger partial charge in [-0.2, -0.15) is 13.2 Å². The maximum absolute atomic E-state index is 12.6. The number of alkyl halides is 3. The topological polar surface area (TPSA) is 112 Å². The summed E-state index contributed by atoms with van der Waals surface area (Å²) in [4.78, 5) is 32.8. The Balaban J connectivity index is 1.85. The monoisotopic (exact) mass is 384 g/mol. The zero-order valence-electron chi connectivity index (χ0n) is 13.4.